The van der Waals surface area contributed by atoms with Crippen LogP contribution in [0.2, 0.25) is 0 Å². The van der Waals surface area contributed by atoms with E-state index < -0.39 is 38.9 Å². The summed E-state index contributed by atoms with van der Waals surface area (Å²) in [6.07, 6.45) is -4.63. The molecule has 0 amide bonds. The summed E-state index contributed by atoms with van der Waals surface area (Å²) in [5, 5.41) is 9.44. The van der Waals surface area contributed by atoms with E-state index >= 15 is 0 Å². The van der Waals surface area contributed by atoms with Gasteiger partial charge in [-0.1, -0.05) is 0 Å². The molecule has 0 fully saturated rings. The number of hydrogen-bond donors (Lipinski definition) is 3. The molecule has 0 heterocycles. The molecule has 5 nitrogen and oxygen atoms in total. The number of phenolic OH excluding ortho intramolecular Hbond substituents is 1. The Hall–Kier alpha value is -1.48. The molecule has 0 radical (unpaired) electrons. The number of hydrogen-bond acceptors (Lipinski definition) is 3. The molecule has 20 heavy (non-hydrogen) atoms. The molecule has 0 aliphatic rings. The average Bonchev–Trinajstić information content (AvgIpc) is 2.15. The van der Waals surface area contributed by atoms with Crippen molar-refractivity contribution in [2.75, 3.05) is 4.72 Å². The molecular weight excluding hydrogens is 297 g/mol. The van der Waals surface area contributed by atoms with Gasteiger partial charge in [-0.3, -0.25) is 4.72 Å². The lowest BCUT2D eigenvalue weighted by molar-refractivity contribution is -0.137. The maximum absolute atomic E-state index is 12.5. The van der Waals surface area contributed by atoms with Crippen molar-refractivity contribution in [1.82, 2.24) is 4.72 Å². The number of benzene rings is 1. The van der Waals surface area contributed by atoms with Crippen molar-refractivity contribution in [3.05, 3.63) is 23.8 Å². The van der Waals surface area contributed by atoms with E-state index in [1.807, 2.05) is 4.72 Å². The van der Waals surface area contributed by atoms with Gasteiger partial charge in [0.25, 0.3) is 10.2 Å². The normalized spacial score (nSPS) is 13.3. The van der Waals surface area contributed by atoms with Crippen molar-refractivity contribution in [1.29, 1.82) is 0 Å². The summed E-state index contributed by atoms with van der Waals surface area (Å²) in [5.41, 5.74) is -2.43. The SMILES string of the molecule is CC(C)(C)NS(=O)(=O)Nc1cc(C(F)(F)F)ccc1O. The summed E-state index contributed by atoms with van der Waals surface area (Å²) in [6.45, 7) is 4.70. The van der Waals surface area contributed by atoms with E-state index in [2.05, 4.69) is 4.72 Å². The second kappa shape index (κ2) is 5.13. The van der Waals surface area contributed by atoms with Gasteiger partial charge in [-0.2, -0.15) is 26.3 Å². The molecule has 0 spiro atoms. The quantitative estimate of drug-likeness (QED) is 0.750. The third-order valence-corrected chi connectivity index (χ3v) is 3.38. The Morgan fingerprint density at radius 1 is 1.15 bits per heavy atom. The molecule has 9 heteroatoms. The molecule has 0 aliphatic carbocycles. The van der Waals surface area contributed by atoms with E-state index in [9.17, 15) is 26.7 Å². The topological polar surface area (TPSA) is 78.4 Å². The van der Waals surface area contributed by atoms with E-state index in [0.717, 1.165) is 6.07 Å². The molecule has 0 saturated heterocycles. The summed E-state index contributed by atoms with van der Waals surface area (Å²) in [7, 11) is -4.10. The van der Waals surface area contributed by atoms with Crippen LogP contribution in [0.5, 0.6) is 5.75 Å². The van der Waals surface area contributed by atoms with Gasteiger partial charge in [-0.25, -0.2) is 0 Å². The summed E-state index contributed by atoms with van der Waals surface area (Å²) in [4.78, 5) is 0. The summed E-state index contributed by atoms with van der Waals surface area (Å²) in [5.74, 6) is -0.600. The minimum Gasteiger partial charge on any atom is -0.506 e. The third-order valence-electron chi connectivity index (χ3n) is 2.01. The highest BCUT2D eigenvalue weighted by molar-refractivity contribution is 7.90. The Morgan fingerprint density at radius 3 is 2.15 bits per heavy atom. The van der Waals surface area contributed by atoms with Gasteiger partial charge in [-0.15, -0.1) is 0 Å². The number of nitrogens with one attached hydrogen (secondary N) is 2. The maximum atomic E-state index is 12.5. The fourth-order valence-corrected chi connectivity index (χ4v) is 2.68. The third kappa shape index (κ3) is 4.89. The predicted molar refractivity (Wildman–Crippen MR) is 68.5 cm³/mol. The Bertz CT molecular complexity index is 592. The number of anilines is 1. The Balaban J connectivity index is 3.09. The first-order chi connectivity index (χ1) is 8.80. The zero-order valence-corrected chi connectivity index (χ0v) is 11.9. The summed E-state index contributed by atoms with van der Waals surface area (Å²) >= 11 is 0. The molecule has 0 aromatic heterocycles. The first-order valence-electron chi connectivity index (χ1n) is 5.52. The summed E-state index contributed by atoms with van der Waals surface area (Å²) < 4.78 is 65.1. The molecule has 0 unspecified atom stereocenters. The molecule has 0 saturated carbocycles. The van der Waals surface area contributed by atoms with Crippen LogP contribution in [0.4, 0.5) is 18.9 Å². The van der Waals surface area contributed by atoms with Crippen LogP contribution in [0.25, 0.3) is 0 Å². The number of phenols is 1. The van der Waals surface area contributed by atoms with Crippen LogP contribution in [-0.4, -0.2) is 19.1 Å². The van der Waals surface area contributed by atoms with Gasteiger partial charge < -0.3 is 5.11 Å². The molecule has 114 valence electrons. The minimum absolute atomic E-state index is 0.525. The van der Waals surface area contributed by atoms with Crippen molar-refractivity contribution >= 4 is 15.9 Å². The van der Waals surface area contributed by atoms with E-state index in [1.54, 1.807) is 20.8 Å². The first kappa shape index (κ1) is 16.6. The van der Waals surface area contributed by atoms with Crippen LogP contribution in [0.1, 0.15) is 26.3 Å². The zero-order valence-electron chi connectivity index (χ0n) is 11.0. The highest BCUT2D eigenvalue weighted by Crippen LogP contribution is 2.34. The minimum atomic E-state index is -4.63. The predicted octanol–water partition coefficient (Wildman–Crippen LogP) is 2.46. The lowest BCUT2D eigenvalue weighted by Crippen LogP contribution is -2.43. The van der Waals surface area contributed by atoms with Gasteiger partial charge in [0, 0.05) is 5.54 Å². The highest BCUT2D eigenvalue weighted by atomic mass is 32.2. The number of rotatable bonds is 3. The van der Waals surface area contributed by atoms with Crippen molar-refractivity contribution < 1.29 is 26.7 Å². The van der Waals surface area contributed by atoms with Crippen LogP contribution in [0.15, 0.2) is 18.2 Å². The highest BCUT2D eigenvalue weighted by Gasteiger charge is 2.31. The van der Waals surface area contributed by atoms with Crippen LogP contribution in [0.3, 0.4) is 0 Å². The van der Waals surface area contributed by atoms with E-state index in [1.165, 1.54) is 0 Å². The molecule has 1 rings (SSSR count). The monoisotopic (exact) mass is 312 g/mol. The summed E-state index contributed by atoms with van der Waals surface area (Å²) in [6, 6.07) is 1.96. The Kier molecular flexibility index (Phi) is 4.25. The van der Waals surface area contributed by atoms with E-state index in [0.29, 0.717) is 12.1 Å². The first-order valence-corrected chi connectivity index (χ1v) is 7.00. The average molecular weight is 312 g/mol. The maximum Gasteiger partial charge on any atom is 0.416 e. The van der Waals surface area contributed by atoms with Crippen molar-refractivity contribution in [2.45, 2.75) is 32.5 Å². The van der Waals surface area contributed by atoms with Crippen molar-refractivity contribution in [3.63, 3.8) is 0 Å². The van der Waals surface area contributed by atoms with Gasteiger partial charge in [0.2, 0.25) is 0 Å². The number of alkyl halides is 3. The molecule has 1 aromatic carbocycles. The van der Waals surface area contributed by atoms with E-state index in [4.69, 9.17) is 0 Å². The fraction of sp³-hybridized carbons (Fsp3) is 0.455. The van der Waals surface area contributed by atoms with Gasteiger partial charge in [0.15, 0.2) is 0 Å². The lowest BCUT2D eigenvalue weighted by atomic mass is 10.1. The van der Waals surface area contributed by atoms with Crippen LogP contribution in [0, 0.1) is 0 Å². The van der Waals surface area contributed by atoms with Crippen LogP contribution >= 0.6 is 0 Å². The number of halogens is 3. The fourth-order valence-electron chi connectivity index (χ4n) is 1.37. The second-order valence-electron chi connectivity index (χ2n) is 5.19. The second-order valence-corrected chi connectivity index (χ2v) is 6.60. The lowest BCUT2D eigenvalue weighted by Gasteiger charge is -2.21. The number of aromatic hydroxyl groups is 1. The molecular formula is C11H15F3N2O3S. The standard InChI is InChI=1S/C11H15F3N2O3S/c1-10(2,3)16-20(18,19)15-8-6-7(11(12,13)14)4-5-9(8)17/h4-6,15-17H,1-3H3. The van der Waals surface area contributed by atoms with Crippen LogP contribution in [-0.2, 0) is 16.4 Å². The Labute approximate surface area is 115 Å². The molecule has 0 aliphatic heterocycles. The van der Waals surface area contributed by atoms with Gasteiger partial charge in [0.05, 0.1) is 11.3 Å². The van der Waals surface area contributed by atoms with Gasteiger partial charge in [0.1, 0.15) is 5.75 Å². The van der Waals surface area contributed by atoms with E-state index in [-0.39, 0.29) is 0 Å². The van der Waals surface area contributed by atoms with Crippen molar-refractivity contribution in [3.8, 4) is 5.75 Å². The molecule has 0 bridgehead atoms. The molecule has 1 aromatic rings. The smallest absolute Gasteiger partial charge is 0.416 e. The largest absolute Gasteiger partial charge is 0.506 e. The molecule has 0 atom stereocenters. The van der Waals surface area contributed by atoms with Gasteiger partial charge >= 0.3 is 6.18 Å². The van der Waals surface area contributed by atoms with Gasteiger partial charge in [-0.05, 0) is 39.0 Å². The van der Waals surface area contributed by atoms with Crippen LogP contribution < -0.4 is 9.44 Å². The van der Waals surface area contributed by atoms with Crippen molar-refractivity contribution in [2.24, 2.45) is 0 Å². The Morgan fingerprint density at radius 2 is 1.70 bits per heavy atom. The zero-order chi connectivity index (χ0) is 15.8. The molecule has 3 N–H and O–H groups in total.